The fourth-order valence-corrected chi connectivity index (χ4v) is 2.00. The lowest BCUT2D eigenvalue weighted by molar-refractivity contribution is 0.456. The molecule has 84 valence electrons. The zero-order valence-corrected chi connectivity index (χ0v) is 9.82. The van der Waals surface area contributed by atoms with Crippen LogP contribution in [0.2, 0.25) is 5.02 Å². The molecule has 2 nitrogen and oxygen atoms in total. The van der Waals surface area contributed by atoms with Crippen molar-refractivity contribution in [3.63, 3.8) is 0 Å². The first-order valence-electron chi connectivity index (χ1n) is 5.39. The first kappa shape index (κ1) is 10.4. The van der Waals surface area contributed by atoms with Crippen molar-refractivity contribution in [2.24, 2.45) is 0 Å². The lowest BCUT2D eigenvalue weighted by Gasteiger charge is -2.01. The third-order valence-corrected chi connectivity index (χ3v) is 2.99. The number of benzene rings is 2. The summed E-state index contributed by atoms with van der Waals surface area (Å²) in [4.78, 5) is 0. The van der Waals surface area contributed by atoms with E-state index in [-0.39, 0.29) is 0 Å². The molecular formula is C14H10ClNO. The van der Waals surface area contributed by atoms with Crippen molar-refractivity contribution in [3.05, 3.63) is 64.8 Å². The molecule has 0 unspecified atom stereocenters. The molecule has 17 heavy (non-hydrogen) atoms. The minimum absolute atomic E-state index is 0.767. The van der Waals surface area contributed by atoms with Gasteiger partial charge in [-0.05, 0) is 41.8 Å². The van der Waals surface area contributed by atoms with Crippen molar-refractivity contribution in [2.75, 3.05) is 0 Å². The minimum atomic E-state index is 0.767. The van der Waals surface area contributed by atoms with Crippen molar-refractivity contribution in [3.8, 4) is 0 Å². The maximum atomic E-state index is 5.86. The predicted octanol–water partition coefficient (Wildman–Crippen LogP) is 4.07. The van der Waals surface area contributed by atoms with Crippen molar-refractivity contribution >= 4 is 22.6 Å². The minimum Gasteiger partial charge on any atom is -0.356 e. The summed E-state index contributed by atoms with van der Waals surface area (Å²) in [5.41, 5.74) is 3.30. The molecule has 0 fully saturated rings. The van der Waals surface area contributed by atoms with Gasteiger partial charge in [0, 0.05) is 10.4 Å². The molecule has 0 bridgehead atoms. The predicted molar refractivity (Wildman–Crippen MR) is 68.3 cm³/mol. The fourth-order valence-electron chi connectivity index (χ4n) is 1.87. The topological polar surface area (TPSA) is 26.0 Å². The molecule has 2 aromatic carbocycles. The first-order chi connectivity index (χ1) is 8.31. The van der Waals surface area contributed by atoms with E-state index in [1.165, 1.54) is 11.1 Å². The number of aromatic nitrogens is 1. The highest BCUT2D eigenvalue weighted by molar-refractivity contribution is 6.30. The highest BCUT2D eigenvalue weighted by Gasteiger charge is 2.01. The Labute approximate surface area is 104 Å². The van der Waals surface area contributed by atoms with Crippen molar-refractivity contribution in [1.29, 1.82) is 0 Å². The molecule has 0 N–H and O–H groups in total. The molecule has 1 heterocycles. The SMILES string of the molecule is Clc1ccc(Cc2ccc3oncc3c2)cc1. The molecule has 3 rings (SSSR count). The van der Waals surface area contributed by atoms with Gasteiger partial charge in [-0.15, -0.1) is 0 Å². The molecule has 3 aromatic rings. The maximum Gasteiger partial charge on any atom is 0.166 e. The molecule has 0 saturated carbocycles. The third kappa shape index (κ3) is 2.17. The second kappa shape index (κ2) is 4.22. The van der Waals surface area contributed by atoms with Gasteiger partial charge < -0.3 is 4.52 Å². The van der Waals surface area contributed by atoms with Crippen LogP contribution in [0.3, 0.4) is 0 Å². The lowest BCUT2D eigenvalue weighted by atomic mass is 10.0. The molecule has 3 heteroatoms. The summed E-state index contributed by atoms with van der Waals surface area (Å²) in [5, 5.41) is 5.57. The summed E-state index contributed by atoms with van der Waals surface area (Å²) in [6.45, 7) is 0. The van der Waals surface area contributed by atoms with Crippen LogP contribution in [0, 0.1) is 0 Å². The number of rotatable bonds is 2. The average molecular weight is 244 g/mol. The summed E-state index contributed by atoms with van der Waals surface area (Å²) >= 11 is 5.86. The van der Waals surface area contributed by atoms with Crippen LogP contribution < -0.4 is 0 Å². The highest BCUT2D eigenvalue weighted by Crippen LogP contribution is 2.18. The Bertz CT molecular complexity index is 643. The zero-order valence-electron chi connectivity index (χ0n) is 9.06. The molecule has 0 atom stereocenters. The van der Waals surface area contributed by atoms with E-state index in [2.05, 4.69) is 17.3 Å². The normalized spacial score (nSPS) is 10.9. The monoisotopic (exact) mass is 243 g/mol. The Balaban J connectivity index is 1.91. The van der Waals surface area contributed by atoms with E-state index in [1.54, 1.807) is 6.20 Å². The fraction of sp³-hybridized carbons (Fsp3) is 0.0714. The van der Waals surface area contributed by atoms with Crippen LogP contribution in [0.15, 0.2) is 53.2 Å². The lowest BCUT2D eigenvalue weighted by Crippen LogP contribution is -1.87. The molecule has 0 amide bonds. The average Bonchev–Trinajstić information content (AvgIpc) is 2.79. The van der Waals surface area contributed by atoms with E-state index in [1.807, 2.05) is 30.3 Å². The molecule has 0 aliphatic rings. The van der Waals surface area contributed by atoms with Gasteiger partial charge in [-0.1, -0.05) is 35.0 Å². The maximum absolute atomic E-state index is 5.86. The Morgan fingerprint density at radius 1 is 1.00 bits per heavy atom. The molecule has 0 aliphatic carbocycles. The van der Waals surface area contributed by atoms with Crippen LogP contribution in [-0.4, -0.2) is 5.16 Å². The second-order valence-corrected chi connectivity index (χ2v) is 4.44. The molecule has 0 radical (unpaired) electrons. The van der Waals surface area contributed by atoms with Crippen LogP contribution in [0.4, 0.5) is 0 Å². The number of fused-ring (bicyclic) bond motifs is 1. The smallest absolute Gasteiger partial charge is 0.166 e. The van der Waals surface area contributed by atoms with E-state index < -0.39 is 0 Å². The first-order valence-corrected chi connectivity index (χ1v) is 5.77. The molecule has 1 aromatic heterocycles. The summed E-state index contributed by atoms with van der Waals surface area (Å²) < 4.78 is 5.07. The number of hydrogen-bond donors (Lipinski definition) is 0. The van der Waals surface area contributed by atoms with Gasteiger partial charge in [0.15, 0.2) is 5.58 Å². The van der Waals surface area contributed by atoms with E-state index in [9.17, 15) is 0 Å². The molecule has 0 spiro atoms. The van der Waals surface area contributed by atoms with Crippen molar-refractivity contribution in [2.45, 2.75) is 6.42 Å². The van der Waals surface area contributed by atoms with Gasteiger partial charge in [0.05, 0.1) is 6.20 Å². The van der Waals surface area contributed by atoms with Gasteiger partial charge in [-0.2, -0.15) is 0 Å². The van der Waals surface area contributed by atoms with Gasteiger partial charge in [-0.3, -0.25) is 0 Å². The third-order valence-electron chi connectivity index (χ3n) is 2.74. The molecule has 0 aliphatic heterocycles. The van der Waals surface area contributed by atoms with E-state index in [0.29, 0.717) is 0 Å². The van der Waals surface area contributed by atoms with Gasteiger partial charge >= 0.3 is 0 Å². The van der Waals surface area contributed by atoms with Gasteiger partial charge in [0.25, 0.3) is 0 Å². The van der Waals surface area contributed by atoms with Crippen LogP contribution >= 0.6 is 11.6 Å². The van der Waals surface area contributed by atoms with E-state index in [4.69, 9.17) is 16.1 Å². The Kier molecular flexibility index (Phi) is 2.57. The molecular weight excluding hydrogens is 234 g/mol. The summed E-state index contributed by atoms with van der Waals surface area (Å²) in [7, 11) is 0. The van der Waals surface area contributed by atoms with Crippen LogP contribution in [0.5, 0.6) is 0 Å². The van der Waals surface area contributed by atoms with Gasteiger partial charge in [0.2, 0.25) is 0 Å². The number of hydrogen-bond acceptors (Lipinski definition) is 2. The Hall–Kier alpha value is -1.80. The van der Waals surface area contributed by atoms with Crippen molar-refractivity contribution < 1.29 is 4.52 Å². The zero-order chi connectivity index (χ0) is 11.7. The van der Waals surface area contributed by atoms with Gasteiger partial charge in [0.1, 0.15) is 0 Å². The summed E-state index contributed by atoms with van der Waals surface area (Å²) in [6, 6.07) is 14.0. The number of halogens is 1. The highest BCUT2D eigenvalue weighted by atomic mass is 35.5. The van der Waals surface area contributed by atoms with Crippen molar-refractivity contribution in [1.82, 2.24) is 5.16 Å². The summed E-state index contributed by atoms with van der Waals surface area (Å²) in [5.74, 6) is 0. The largest absolute Gasteiger partial charge is 0.356 e. The quantitative estimate of drug-likeness (QED) is 0.678. The Morgan fingerprint density at radius 3 is 2.59 bits per heavy atom. The van der Waals surface area contributed by atoms with Crippen LogP contribution in [-0.2, 0) is 6.42 Å². The molecule has 0 saturated heterocycles. The van der Waals surface area contributed by atoms with E-state index >= 15 is 0 Å². The number of nitrogens with zero attached hydrogens (tertiary/aromatic N) is 1. The van der Waals surface area contributed by atoms with Crippen LogP contribution in [0.1, 0.15) is 11.1 Å². The van der Waals surface area contributed by atoms with Crippen LogP contribution in [0.25, 0.3) is 11.0 Å². The Morgan fingerprint density at radius 2 is 1.76 bits per heavy atom. The van der Waals surface area contributed by atoms with E-state index in [0.717, 1.165) is 22.4 Å². The van der Waals surface area contributed by atoms with Gasteiger partial charge in [-0.25, -0.2) is 0 Å². The summed E-state index contributed by atoms with van der Waals surface area (Å²) in [6.07, 6.45) is 2.62. The second-order valence-electron chi connectivity index (χ2n) is 4.00. The standard InChI is InChI=1S/C14H10ClNO/c15-13-4-1-10(2-5-13)7-11-3-6-14-12(8-11)9-16-17-14/h1-6,8-9H,7H2.